The van der Waals surface area contributed by atoms with Crippen molar-refractivity contribution in [1.82, 2.24) is 0 Å². The van der Waals surface area contributed by atoms with E-state index >= 15 is 0 Å². The molecule has 13 heteroatoms. The molecule has 1 saturated carbocycles. The van der Waals surface area contributed by atoms with Crippen molar-refractivity contribution in [2.45, 2.75) is 224 Å². The minimum atomic E-state index is -5.01. The molecule has 1 aliphatic carbocycles. The average molecular weight is 795 g/mol. The van der Waals surface area contributed by atoms with Crippen LogP contribution in [-0.4, -0.2) is 98.9 Å². The second kappa shape index (κ2) is 33.1. The van der Waals surface area contributed by atoms with E-state index in [0.29, 0.717) is 13.0 Å². The number of carbonyl (C=O) groups is 1. The lowest BCUT2D eigenvalue weighted by Crippen LogP contribution is -2.64. The maximum atomic E-state index is 12.8. The first kappa shape index (κ1) is 51.1. The van der Waals surface area contributed by atoms with Crippen LogP contribution in [0.25, 0.3) is 0 Å². The molecule has 0 bridgehead atoms. The van der Waals surface area contributed by atoms with Crippen molar-refractivity contribution >= 4 is 13.8 Å². The number of allylic oxidation sites excluding steroid dienone is 2. The number of hydrogen-bond acceptors (Lipinski definition) is 11. The zero-order valence-corrected chi connectivity index (χ0v) is 34.7. The third-order valence-electron chi connectivity index (χ3n) is 10.1. The van der Waals surface area contributed by atoms with Crippen LogP contribution in [0.4, 0.5) is 0 Å². The molecule has 6 atom stereocenters. The van der Waals surface area contributed by atoms with Gasteiger partial charge in [0.1, 0.15) is 42.7 Å². The normalized spacial score (nSPS) is 23.5. The van der Waals surface area contributed by atoms with Gasteiger partial charge in [0.05, 0.1) is 13.2 Å². The summed E-state index contributed by atoms with van der Waals surface area (Å²) in [5.74, 6) is -0.486. The number of rotatable bonds is 36. The Balaban J connectivity index is 2.41. The Kier molecular flexibility index (Phi) is 31.3. The molecule has 6 unspecified atom stereocenters. The second-order valence-electron chi connectivity index (χ2n) is 15.2. The van der Waals surface area contributed by atoms with Gasteiger partial charge in [0.25, 0.3) is 0 Å². The van der Waals surface area contributed by atoms with E-state index in [-0.39, 0.29) is 13.0 Å². The topological polar surface area (TPSA) is 192 Å². The highest BCUT2D eigenvalue weighted by Gasteiger charge is 2.51. The maximum Gasteiger partial charge on any atom is 0.472 e. The predicted octanol–water partition coefficient (Wildman–Crippen LogP) is 7.97. The quantitative estimate of drug-likeness (QED) is 0.0155. The second-order valence-corrected chi connectivity index (χ2v) is 16.6. The van der Waals surface area contributed by atoms with E-state index < -0.39 is 63.1 Å². The number of ether oxygens (including phenoxy) is 2. The van der Waals surface area contributed by atoms with Crippen molar-refractivity contribution in [2.24, 2.45) is 0 Å². The SMILES string of the molecule is CCCC/C=C\CCCCCCCC(=O)OC(COCCCCCCCCCCCCCCCCCC)COP(=O)(O)OC1C(O)C(O)C(O)C(O)C1O. The molecule has 0 saturated heterocycles. The van der Waals surface area contributed by atoms with Crippen molar-refractivity contribution in [3.8, 4) is 0 Å². The number of hydrogen-bond donors (Lipinski definition) is 6. The molecule has 0 radical (unpaired) electrons. The van der Waals surface area contributed by atoms with E-state index in [1.54, 1.807) is 0 Å². The molecule has 12 nitrogen and oxygen atoms in total. The maximum absolute atomic E-state index is 12.8. The Hall–Kier alpha value is -0.920. The minimum Gasteiger partial charge on any atom is -0.457 e. The molecule has 1 rings (SSSR count). The lowest BCUT2D eigenvalue weighted by molar-refractivity contribution is -0.220. The number of phosphoric acid groups is 1. The van der Waals surface area contributed by atoms with Crippen molar-refractivity contribution in [2.75, 3.05) is 19.8 Å². The van der Waals surface area contributed by atoms with Gasteiger partial charge in [0, 0.05) is 13.0 Å². The number of unbranched alkanes of at least 4 members (excludes halogenated alkanes) is 22. The van der Waals surface area contributed by atoms with E-state index in [1.807, 2.05) is 0 Å². The number of aliphatic hydroxyl groups excluding tert-OH is 5. The molecule has 0 aliphatic heterocycles. The molecule has 0 aromatic heterocycles. The molecular formula is C41H79O12P. The van der Waals surface area contributed by atoms with Crippen molar-refractivity contribution in [1.29, 1.82) is 0 Å². The fourth-order valence-electron chi connectivity index (χ4n) is 6.63. The van der Waals surface area contributed by atoms with Gasteiger partial charge in [-0.3, -0.25) is 13.8 Å². The average Bonchev–Trinajstić information content (AvgIpc) is 3.15. The first-order valence-corrected chi connectivity index (χ1v) is 23.0. The van der Waals surface area contributed by atoms with Gasteiger partial charge in [-0.05, 0) is 32.1 Å². The summed E-state index contributed by atoms with van der Waals surface area (Å²) in [4.78, 5) is 23.0. The predicted molar refractivity (Wildman–Crippen MR) is 212 cm³/mol. The van der Waals surface area contributed by atoms with E-state index in [9.17, 15) is 39.8 Å². The Bertz CT molecular complexity index is 952. The monoisotopic (exact) mass is 795 g/mol. The largest absolute Gasteiger partial charge is 0.472 e. The van der Waals surface area contributed by atoms with Gasteiger partial charge < -0.3 is 39.9 Å². The Labute approximate surface area is 327 Å². The molecule has 0 aromatic rings. The Morgan fingerprint density at radius 3 is 1.52 bits per heavy atom. The van der Waals surface area contributed by atoms with Crippen molar-refractivity contribution in [3.63, 3.8) is 0 Å². The molecule has 54 heavy (non-hydrogen) atoms. The van der Waals surface area contributed by atoms with Gasteiger partial charge in [-0.25, -0.2) is 4.57 Å². The summed E-state index contributed by atoms with van der Waals surface area (Å²) in [6.07, 6.45) is 21.5. The molecule has 0 spiro atoms. The number of phosphoric ester groups is 1. The number of esters is 1. The zero-order valence-electron chi connectivity index (χ0n) is 33.8. The summed E-state index contributed by atoms with van der Waals surface area (Å²) in [6.45, 7) is 4.21. The van der Waals surface area contributed by atoms with Crippen LogP contribution in [0.2, 0.25) is 0 Å². The fraction of sp³-hybridized carbons (Fsp3) is 0.927. The number of aliphatic hydroxyl groups is 5. The van der Waals surface area contributed by atoms with Gasteiger partial charge in [-0.15, -0.1) is 0 Å². The fourth-order valence-corrected chi connectivity index (χ4v) is 7.60. The van der Waals surface area contributed by atoms with Crippen LogP contribution in [0, 0.1) is 0 Å². The van der Waals surface area contributed by atoms with Crippen LogP contribution in [0.1, 0.15) is 181 Å². The van der Waals surface area contributed by atoms with Gasteiger partial charge in [-0.1, -0.05) is 154 Å². The van der Waals surface area contributed by atoms with Crippen LogP contribution < -0.4 is 0 Å². The molecule has 0 aromatic carbocycles. The summed E-state index contributed by atoms with van der Waals surface area (Å²) in [5.41, 5.74) is 0. The molecule has 6 N–H and O–H groups in total. The summed E-state index contributed by atoms with van der Waals surface area (Å²) in [7, 11) is -5.01. The number of carbonyl (C=O) groups excluding carboxylic acids is 1. The summed E-state index contributed by atoms with van der Waals surface area (Å²) in [6, 6.07) is 0. The summed E-state index contributed by atoms with van der Waals surface area (Å²) < 4.78 is 34.1. The van der Waals surface area contributed by atoms with Crippen LogP contribution >= 0.6 is 7.82 Å². The van der Waals surface area contributed by atoms with Crippen LogP contribution in [0.3, 0.4) is 0 Å². The van der Waals surface area contributed by atoms with Gasteiger partial charge in [0.15, 0.2) is 0 Å². The molecule has 320 valence electrons. The minimum absolute atomic E-state index is 0.0748. The van der Waals surface area contributed by atoms with Crippen LogP contribution in [0.5, 0.6) is 0 Å². The standard InChI is InChI=1S/C41H79O12P/c1-3-5-7-9-11-13-15-16-17-18-19-21-23-25-27-29-31-50-32-34(52-35(42)30-28-26-24-22-20-14-12-10-8-6-4-2)33-51-54(48,49)53-41-39(46)37(44)36(43)38(45)40(41)47/h10,12,34,36-41,43-47H,3-9,11,13-33H2,1-2H3,(H,48,49)/b12-10-. The third kappa shape index (κ3) is 25.4. The van der Waals surface area contributed by atoms with Gasteiger partial charge in [-0.2, -0.15) is 0 Å². The first-order chi connectivity index (χ1) is 26.0. The van der Waals surface area contributed by atoms with Crippen molar-refractivity contribution in [3.05, 3.63) is 12.2 Å². The Morgan fingerprint density at radius 2 is 1.00 bits per heavy atom. The lowest BCUT2D eigenvalue weighted by Gasteiger charge is -2.41. The first-order valence-electron chi connectivity index (χ1n) is 21.5. The molecule has 1 aliphatic rings. The third-order valence-corrected chi connectivity index (χ3v) is 11.1. The Morgan fingerprint density at radius 1 is 0.574 bits per heavy atom. The van der Waals surface area contributed by atoms with E-state index in [2.05, 4.69) is 26.0 Å². The molecule has 0 heterocycles. The summed E-state index contributed by atoms with van der Waals surface area (Å²) >= 11 is 0. The van der Waals surface area contributed by atoms with E-state index in [4.69, 9.17) is 18.5 Å². The van der Waals surface area contributed by atoms with Gasteiger partial charge in [0.2, 0.25) is 0 Å². The van der Waals surface area contributed by atoms with Crippen molar-refractivity contribution < 1.29 is 58.3 Å². The summed E-state index contributed by atoms with van der Waals surface area (Å²) in [5, 5.41) is 50.0. The van der Waals surface area contributed by atoms with E-state index in [1.165, 1.54) is 96.3 Å². The smallest absolute Gasteiger partial charge is 0.457 e. The van der Waals surface area contributed by atoms with Crippen LogP contribution in [-0.2, 0) is 27.9 Å². The highest BCUT2D eigenvalue weighted by molar-refractivity contribution is 7.47. The molecule has 1 fully saturated rings. The highest BCUT2D eigenvalue weighted by atomic mass is 31.2. The van der Waals surface area contributed by atoms with Crippen LogP contribution in [0.15, 0.2) is 12.2 Å². The highest BCUT2D eigenvalue weighted by Crippen LogP contribution is 2.47. The lowest BCUT2D eigenvalue weighted by atomic mass is 9.85. The van der Waals surface area contributed by atoms with Gasteiger partial charge >= 0.3 is 13.8 Å². The molecule has 0 amide bonds. The molecular weight excluding hydrogens is 715 g/mol. The zero-order chi connectivity index (χ0) is 39.9. The van der Waals surface area contributed by atoms with E-state index in [0.717, 1.165) is 57.8 Å².